The van der Waals surface area contributed by atoms with Gasteiger partial charge in [0.15, 0.2) is 11.6 Å². The molecular formula is C15H17F2NO2. The van der Waals surface area contributed by atoms with E-state index in [0.29, 0.717) is 6.54 Å². The zero-order valence-corrected chi connectivity index (χ0v) is 11.5. The van der Waals surface area contributed by atoms with Crippen LogP contribution < -0.4 is 10.1 Å². The van der Waals surface area contributed by atoms with Gasteiger partial charge in [0.1, 0.15) is 23.9 Å². The normalized spacial score (nSPS) is 10.8. The summed E-state index contributed by atoms with van der Waals surface area (Å²) >= 11 is 0. The van der Waals surface area contributed by atoms with Crippen LogP contribution in [0.25, 0.3) is 0 Å². The molecule has 0 aliphatic heterocycles. The lowest BCUT2D eigenvalue weighted by molar-refractivity contribution is 0.286. The van der Waals surface area contributed by atoms with E-state index >= 15 is 0 Å². The lowest BCUT2D eigenvalue weighted by atomic mass is 10.2. The highest BCUT2D eigenvalue weighted by molar-refractivity contribution is 5.26. The second-order valence-corrected chi connectivity index (χ2v) is 4.44. The van der Waals surface area contributed by atoms with Gasteiger partial charge in [-0.3, -0.25) is 0 Å². The Kier molecular flexibility index (Phi) is 4.74. The number of hydrogen-bond donors (Lipinski definition) is 1. The molecule has 2 aromatic rings. The SMILES string of the molecule is CCNCc1cc(COc2cc(F)ccc2F)c(C)o1. The predicted octanol–water partition coefficient (Wildman–Crippen LogP) is 3.55. The maximum atomic E-state index is 13.4. The van der Waals surface area contributed by atoms with Crippen LogP contribution in [0.5, 0.6) is 5.75 Å². The Labute approximate surface area is 116 Å². The fourth-order valence-electron chi connectivity index (χ4n) is 1.81. The predicted molar refractivity (Wildman–Crippen MR) is 71.5 cm³/mol. The van der Waals surface area contributed by atoms with Crippen molar-refractivity contribution in [3.05, 3.63) is 53.0 Å². The van der Waals surface area contributed by atoms with Gasteiger partial charge in [0.05, 0.1) is 6.54 Å². The molecule has 0 spiro atoms. The number of benzene rings is 1. The van der Waals surface area contributed by atoms with Gasteiger partial charge in [-0.2, -0.15) is 0 Å². The Morgan fingerprint density at radius 3 is 2.80 bits per heavy atom. The van der Waals surface area contributed by atoms with Crippen molar-refractivity contribution in [1.29, 1.82) is 0 Å². The third-order valence-electron chi connectivity index (χ3n) is 2.90. The molecular weight excluding hydrogens is 264 g/mol. The summed E-state index contributed by atoms with van der Waals surface area (Å²) in [6.07, 6.45) is 0. The smallest absolute Gasteiger partial charge is 0.165 e. The van der Waals surface area contributed by atoms with Gasteiger partial charge in [0.2, 0.25) is 0 Å². The van der Waals surface area contributed by atoms with Gasteiger partial charge >= 0.3 is 0 Å². The van der Waals surface area contributed by atoms with Crippen LogP contribution in [0.15, 0.2) is 28.7 Å². The van der Waals surface area contributed by atoms with Crippen molar-refractivity contribution >= 4 is 0 Å². The summed E-state index contributed by atoms with van der Waals surface area (Å²) in [6, 6.07) is 4.99. The van der Waals surface area contributed by atoms with E-state index in [2.05, 4.69) is 5.32 Å². The van der Waals surface area contributed by atoms with E-state index in [1.165, 1.54) is 0 Å². The van der Waals surface area contributed by atoms with Crippen LogP contribution in [0.2, 0.25) is 0 Å². The Morgan fingerprint density at radius 1 is 1.25 bits per heavy atom. The largest absolute Gasteiger partial charge is 0.486 e. The number of rotatable bonds is 6. The molecule has 1 aromatic carbocycles. The molecule has 1 N–H and O–H groups in total. The molecule has 0 aliphatic carbocycles. The molecule has 0 aliphatic rings. The standard InChI is InChI=1S/C15H17F2NO2/c1-3-18-8-13-6-11(10(2)20-13)9-19-15-7-12(16)4-5-14(15)17/h4-7,18H,3,8-9H2,1-2H3. The first kappa shape index (κ1) is 14.5. The summed E-state index contributed by atoms with van der Waals surface area (Å²) < 4.78 is 37.3. The Hall–Kier alpha value is -1.88. The molecule has 0 saturated heterocycles. The lowest BCUT2D eigenvalue weighted by Crippen LogP contribution is -2.10. The van der Waals surface area contributed by atoms with Crippen LogP contribution in [0.1, 0.15) is 24.0 Å². The first-order valence-corrected chi connectivity index (χ1v) is 6.47. The van der Waals surface area contributed by atoms with Crippen molar-refractivity contribution < 1.29 is 17.9 Å². The van der Waals surface area contributed by atoms with Crippen LogP contribution in [-0.4, -0.2) is 6.54 Å². The minimum atomic E-state index is -0.583. The van der Waals surface area contributed by atoms with Gasteiger partial charge in [0.25, 0.3) is 0 Å². The number of hydrogen-bond acceptors (Lipinski definition) is 3. The first-order valence-electron chi connectivity index (χ1n) is 6.47. The fourth-order valence-corrected chi connectivity index (χ4v) is 1.81. The fraction of sp³-hybridized carbons (Fsp3) is 0.333. The molecule has 0 unspecified atom stereocenters. The quantitative estimate of drug-likeness (QED) is 0.879. The number of furan rings is 1. The van der Waals surface area contributed by atoms with E-state index in [0.717, 1.165) is 41.8 Å². The number of nitrogens with one attached hydrogen (secondary N) is 1. The van der Waals surface area contributed by atoms with Crippen LogP contribution in [0.4, 0.5) is 8.78 Å². The highest BCUT2D eigenvalue weighted by Gasteiger charge is 2.10. The van der Waals surface area contributed by atoms with E-state index < -0.39 is 11.6 Å². The summed E-state index contributed by atoms with van der Waals surface area (Å²) in [7, 11) is 0. The van der Waals surface area contributed by atoms with E-state index in [4.69, 9.17) is 9.15 Å². The molecule has 1 aromatic heterocycles. The van der Waals surface area contributed by atoms with Crippen molar-refractivity contribution in [3.8, 4) is 5.75 Å². The van der Waals surface area contributed by atoms with Gasteiger partial charge in [-0.25, -0.2) is 8.78 Å². The third-order valence-corrected chi connectivity index (χ3v) is 2.90. The van der Waals surface area contributed by atoms with Gasteiger partial charge in [-0.1, -0.05) is 6.92 Å². The Morgan fingerprint density at radius 2 is 2.05 bits per heavy atom. The van der Waals surface area contributed by atoms with E-state index in [1.54, 1.807) is 0 Å². The van der Waals surface area contributed by atoms with Crippen molar-refractivity contribution in [2.75, 3.05) is 6.54 Å². The highest BCUT2D eigenvalue weighted by atomic mass is 19.1. The average molecular weight is 281 g/mol. The van der Waals surface area contributed by atoms with Crippen LogP contribution in [0, 0.1) is 18.6 Å². The van der Waals surface area contributed by atoms with Gasteiger partial charge in [-0.05, 0) is 31.7 Å². The maximum Gasteiger partial charge on any atom is 0.165 e. The summed E-state index contributed by atoms with van der Waals surface area (Å²) in [5.74, 6) is 0.301. The monoisotopic (exact) mass is 281 g/mol. The Balaban J connectivity index is 2.03. The van der Waals surface area contributed by atoms with E-state index in [9.17, 15) is 8.78 Å². The molecule has 3 nitrogen and oxygen atoms in total. The lowest BCUT2D eigenvalue weighted by Gasteiger charge is -2.06. The molecule has 0 atom stereocenters. The summed E-state index contributed by atoms with van der Waals surface area (Å²) in [6.45, 7) is 5.44. The van der Waals surface area contributed by atoms with Crippen LogP contribution >= 0.6 is 0 Å². The van der Waals surface area contributed by atoms with Crippen LogP contribution in [-0.2, 0) is 13.2 Å². The number of aryl methyl sites for hydroxylation is 1. The third kappa shape index (κ3) is 3.57. The number of halogens is 2. The first-order chi connectivity index (χ1) is 9.60. The zero-order valence-electron chi connectivity index (χ0n) is 11.5. The molecule has 108 valence electrons. The molecule has 20 heavy (non-hydrogen) atoms. The minimum absolute atomic E-state index is 0.0983. The molecule has 5 heteroatoms. The topological polar surface area (TPSA) is 34.4 Å². The molecule has 1 heterocycles. The molecule has 0 amide bonds. The Bertz CT molecular complexity index is 581. The van der Waals surface area contributed by atoms with Gasteiger partial charge in [0, 0.05) is 11.6 Å². The van der Waals surface area contributed by atoms with Crippen molar-refractivity contribution in [1.82, 2.24) is 5.32 Å². The minimum Gasteiger partial charge on any atom is -0.486 e. The molecule has 0 saturated carbocycles. The summed E-state index contributed by atoms with van der Waals surface area (Å²) in [5, 5.41) is 3.15. The zero-order chi connectivity index (χ0) is 14.5. The highest BCUT2D eigenvalue weighted by Crippen LogP contribution is 2.21. The maximum absolute atomic E-state index is 13.4. The summed E-state index contributed by atoms with van der Waals surface area (Å²) in [5.41, 5.74) is 0.821. The average Bonchev–Trinajstić information content (AvgIpc) is 2.78. The van der Waals surface area contributed by atoms with Crippen LogP contribution in [0.3, 0.4) is 0 Å². The van der Waals surface area contributed by atoms with Gasteiger partial charge in [-0.15, -0.1) is 0 Å². The van der Waals surface area contributed by atoms with E-state index in [-0.39, 0.29) is 12.4 Å². The number of ether oxygens (including phenoxy) is 1. The second kappa shape index (κ2) is 6.52. The molecule has 0 bridgehead atoms. The molecule has 0 fully saturated rings. The van der Waals surface area contributed by atoms with E-state index in [1.807, 2.05) is 19.9 Å². The van der Waals surface area contributed by atoms with Crippen molar-refractivity contribution in [2.45, 2.75) is 27.0 Å². The van der Waals surface area contributed by atoms with Crippen molar-refractivity contribution in [2.24, 2.45) is 0 Å². The van der Waals surface area contributed by atoms with Gasteiger partial charge < -0.3 is 14.5 Å². The van der Waals surface area contributed by atoms with Crippen molar-refractivity contribution in [3.63, 3.8) is 0 Å². The molecule has 0 radical (unpaired) electrons. The molecule has 2 rings (SSSR count). The summed E-state index contributed by atoms with van der Waals surface area (Å²) in [4.78, 5) is 0. The second-order valence-electron chi connectivity index (χ2n) is 4.44.